The third-order valence-corrected chi connectivity index (χ3v) is 6.14. The van der Waals surface area contributed by atoms with Crippen LogP contribution in [0.4, 0.5) is 0 Å². The Morgan fingerprint density at radius 2 is 1.58 bits per heavy atom. The van der Waals surface area contributed by atoms with Gasteiger partial charge < -0.3 is 4.55 Å². The fourth-order valence-corrected chi connectivity index (χ4v) is 4.59. The lowest BCUT2D eigenvalue weighted by atomic mass is 9.81. The Morgan fingerprint density at radius 1 is 0.947 bits per heavy atom. The Hall–Kier alpha value is -0.350. The molecular formula is C15H25O3S-. The van der Waals surface area contributed by atoms with Gasteiger partial charge >= 0.3 is 0 Å². The fraction of sp³-hybridized carbons (Fsp3) is 0.867. The van der Waals surface area contributed by atoms with Gasteiger partial charge in [0.05, 0.1) is 15.4 Å². The van der Waals surface area contributed by atoms with Gasteiger partial charge in [-0.05, 0) is 43.4 Å². The van der Waals surface area contributed by atoms with E-state index in [4.69, 9.17) is 0 Å². The van der Waals surface area contributed by atoms with E-state index in [-0.39, 0.29) is 5.92 Å². The van der Waals surface area contributed by atoms with Crippen LogP contribution < -0.4 is 0 Å². The minimum Gasteiger partial charge on any atom is -0.748 e. The van der Waals surface area contributed by atoms with E-state index in [9.17, 15) is 13.0 Å². The molecule has 0 radical (unpaired) electrons. The van der Waals surface area contributed by atoms with Crippen molar-refractivity contribution in [3.05, 3.63) is 12.2 Å². The molecule has 2 rings (SSSR count). The summed E-state index contributed by atoms with van der Waals surface area (Å²) in [4.78, 5) is 0. The van der Waals surface area contributed by atoms with Crippen LogP contribution in [0, 0.1) is 17.8 Å². The molecule has 0 aromatic carbocycles. The van der Waals surface area contributed by atoms with E-state index in [1.54, 1.807) is 0 Å². The van der Waals surface area contributed by atoms with Gasteiger partial charge in [-0.25, -0.2) is 8.42 Å². The molecule has 0 amide bonds. The van der Waals surface area contributed by atoms with E-state index in [1.165, 1.54) is 25.7 Å². The normalized spacial score (nSPS) is 37.6. The maximum absolute atomic E-state index is 11.3. The molecule has 2 aliphatic rings. The lowest BCUT2D eigenvalue weighted by Gasteiger charge is -2.32. The summed E-state index contributed by atoms with van der Waals surface area (Å²) in [5.41, 5.74) is 0. The SMILES string of the molecule is CC1CCC(C=CC2CCCCC2S(=O)(=O)[O-])CC1. The summed E-state index contributed by atoms with van der Waals surface area (Å²) in [6.45, 7) is 2.29. The van der Waals surface area contributed by atoms with Gasteiger partial charge in [-0.3, -0.25) is 0 Å². The summed E-state index contributed by atoms with van der Waals surface area (Å²) in [7, 11) is -4.14. The first kappa shape index (κ1) is 15.0. The number of hydrogen-bond acceptors (Lipinski definition) is 3. The quantitative estimate of drug-likeness (QED) is 0.589. The molecular weight excluding hydrogens is 260 g/mol. The maximum Gasteiger partial charge on any atom is 0.0981 e. The van der Waals surface area contributed by atoms with Crippen molar-refractivity contribution in [1.29, 1.82) is 0 Å². The average molecular weight is 285 g/mol. The Balaban J connectivity index is 1.96. The minimum absolute atomic E-state index is 0.0457. The molecule has 2 unspecified atom stereocenters. The van der Waals surface area contributed by atoms with Crippen LogP contribution in [0.15, 0.2) is 12.2 Å². The fourth-order valence-electron chi connectivity index (χ4n) is 3.48. The molecule has 0 spiro atoms. The number of allylic oxidation sites excluding steroid dienone is 2. The molecule has 4 heteroatoms. The summed E-state index contributed by atoms with van der Waals surface area (Å²) in [6, 6.07) is 0. The Morgan fingerprint density at radius 3 is 2.21 bits per heavy atom. The van der Waals surface area contributed by atoms with Crippen molar-refractivity contribution >= 4 is 10.1 Å². The predicted octanol–water partition coefficient (Wildman–Crippen LogP) is 3.47. The van der Waals surface area contributed by atoms with E-state index >= 15 is 0 Å². The zero-order valence-corrected chi connectivity index (χ0v) is 12.6. The van der Waals surface area contributed by atoms with Gasteiger partial charge in [-0.15, -0.1) is 0 Å². The molecule has 2 saturated carbocycles. The summed E-state index contributed by atoms with van der Waals surface area (Å²) < 4.78 is 33.9. The second kappa shape index (κ2) is 6.40. The molecule has 0 bridgehead atoms. The van der Waals surface area contributed by atoms with E-state index in [0.29, 0.717) is 12.3 Å². The van der Waals surface area contributed by atoms with Gasteiger partial charge in [-0.1, -0.05) is 44.8 Å². The molecule has 0 heterocycles. The highest BCUT2D eigenvalue weighted by Crippen LogP contribution is 2.33. The van der Waals surface area contributed by atoms with Gasteiger partial charge in [0.1, 0.15) is 0 Å². The van der Waals surface area contributed by atoms with Crippen LogP contribution in [0.2, 0.25) is 0 Å². The van der Waals surface area contributed by atoms with Gasteiger partial charge in [0.2, 0.25) is 0 Å². The molecule has 2 fully saturated rings. The Bertz CT molecular complexity index is 405. The van der Waals surface area contributed by atoms with Crippen molar-refractivity contribution in [1.82, 2.24) is 0 Å². The number of hydrogen-bond donors (Lipinski definition) is 0. The zero-order valence-electron chi connectivity index (χ0n) is 11.8. The Labute approximate surface area is 117 Å². The topological polar surface area (TPSA) is 57.2 Å². The summed E-state index contributed by atoms with van der Waals surface area (Å²) in [5.74, 6) is 1.37. The first-order chi connectivity index (χ1) is 8.97. The third kappa shape index (κ3) is 4.32. The molecule has 0 aromatic heterocycles. The van der Waals surface area contributed by atoms with Crippen LogP contribution in [-0.4, -0.2) is 18.2 Å². The molecule has 2 atom stereocenters. The van der Waals surface area contributed by atoms with Gasteiger partial charge in [-0.2, -0.15) is 0 Å². The molecule has 0 aromatic rings. The molecule has 19 heavy (non-hydrogen) atoms. The molecule has 0 saturated heterocycles. The van der Waals surface area contributed by atoms with Crippen LogP contribution >= 0.6 is 0 Å². The highest BCUT2D eigenvalue weighted by atomic mass is 32.2. The van der Waals surface area contributed by atoms with Crippen molar-refractivity contribution in [2.45, 2.75) is 63.5 Å². The first-order valence-electron chi connectivity index (χ1n) is 7.60. The predicted molar refractivity (Wildman–Crippen MR) is 75.7 cm³/mol. The molecule has 110 valence electrons. The van der Waals surface area contributed by atoms with Gasteiger partial charge in [0.25, 0.3) is 0 Å². The van der Waals surface area contributed by atoms with E-state index < -0.39 is 15.4 Å². The monoisotopic (exact) mass is 285 g/mol. The zero-order chi connectivity index (χ0) is 13.9. The second-order valence-electron chi connectivity index (χ2n) is 6.38. The summed E-state index contributed by atoms with van der Waals surface area (Å²) >= 11 is 0. The van der Waals surface area contributed by atoms with Gasteiger partial charge in [0.15, 0.2) is 0 Å². The summed E-state index contributed by atoms with van der Waals surface area (Å²) in [6.07, 6.45) is 12.5. The van der Waals surface area contributed by atoms with Gasteiger partial charge in [0, 0.05) is 0 Å². The molecule has 3 nitrogen and oxygen atoms in total. The molecule has 0 N–H and O–H groups in total. The highest BCUT2D eigenvalue weighted by molar-refractivity contribution is 7.86. The third-order valence-electron chi connectivity index (χ3n) is 4.82. The van der Waals surface area contributed by atoms with Crippen molar-refractivity contribution in [2.24, 2.45) is 17.8 Å². The van der Waals surface area contributed by atoms with Crippen LogP contribution in [0.25, 0.3) is 0 Å². The second-order valence-corrected chi connectivity index (χ2v) is 7.98. The van der Waals surface area contributed by atoms with E-state index in [2.05, 4.69) is 13.0 Å². The van der Waals surface area contributed by atoms with Crippen molar-refractivity contribution in [3.63, 3.8) is 0 Å². The van der Waals surface area contributed by atoms with Crippen LogP contribution in [0.5, 0.6) is 0 Å². The van der Waals surface area contributed by atoms with Crippen molar-refractivity contribution in [3.8, 4) is 0 Å². The van der Waals surface area contributed by atoms with Crippen LogP contribution in [0.1, 0.15) is 58.3 Å². The highest BCUT2D eigenvalue weighted by Gasteiger charge is 2.28. The minimum atomic E-state index is -4.14. The van der Waals surface area contributed by atoms with Crippen molar-refractivity contribution < 1.29 is 13.0 Å². The van der Waals surface area contributed by atoms with E-state index in [1.807, 2.05) is 6.08 Å². The Kier molecular flexibility index (Phi) is 5.07. The first-order valence-corrected chi connectivity index (χ1v) is 9.07. The van der Waals surface area contributed by atoms with Crippen molar-refractivity contribution in [2.75, 3.05) is 0 Å². The standard InChI is InChI=1S/C15H26O3S/c1-12-6-8-13(9-7-12)10-11-14-4-2-3-5-15(14)19(16,17)18/h10-15H,2-9H2,1H3,(H,16,17,18)/p-1. The van der Waals surface area contributed by atoms with Crippen LogP contribution in [-0.2, 0) is 10.1 Å². The number of rotatable bonds is 3. The molecule has 2 aliphatic carbocycles. The maximum atomic E-state index is 11.3. The largest absolute Gasteiger partial charge is 0.748 e. The van der Waals surface area contributed by atoms with Crippen LogP contribution in [0.3, 0.4) is 0 Å². The molecule has 0 aliphatic heterocycles. The average Bonchev–Trinajstić information content (AvgIpc) is 2.37. The summed E-state index contributed by atoms with van der Waals surface area (Å²) in [5, 5.41) is -0.681. The lowest BCUT2D eigenvalue weighted by molar-refractivity contribution is 0.327. The van der Waals surface area contributed by atoms with E-state index in [0.717, 1.165) is 25.2 Å². The lowest BCUT2D eigenvalue weighted by Crippen LogP contribution is -2.31. The smallest absolute Gasteiger partial charge is 0.0981 e.